The molecule has 4 atom stereocenters. The largest absolute Gasteiger partial charge is 0.394 e. The number of hydrogen-bond donors (Lipinski definition) is 4. The summed E-state index contributed by atoms with van der Waals surface area (Å²) >= 11 is 0. The molecule has 0 aromatic carbocycles. The zero-order chi connectivity index (χ0) is 16.3. The first-order valence-corrected chi connectivity index (χ1v) is 7.16. The van der Waals surface area contributed by atoms with Crippen molar-refractivity contribution in [3.05, 3.63) is 0 Å². The number of aliphatic imine (C=N–C) groups is 1. The zero-order valence-corrected chi connectivity index (χ0v) is 12.3. The van der Waals surface area contributed by atoms with E-state index in [1.54, 1.807) is 0 Å². The maximum atomic E-state index is 11.9. The Bertz CT molecular complexity index is 453. The molecule has 22 heavy (non-hydrogen) atoms. The second kappa shape index (κ2) is 7.14. The van der Waals surface area contributed by atoms with Gasteiger partial charge in [-0.2, -0.15) is 0 Å². The van der Waals surface area contributed by atoms with Crippen molar-refractivity contribution in [3.63, 3.8) is 0 Å². The predicted molar refractivity (Wildman–Crippen MR) is 74.9 cm³/mol. The Morgan fingerprint density at radius 2 is 2.05 bits per heavy atom. The first-order valence-electron chi connectivity index (χ1n) is 7.16. The molecule has 1 unspecified atom stereocenters. The van der Waals surface area contributed by atoms with E-state index in [2.05, 4.69) is 10.3 Å². The van der Waals surface area contributed by atoms with Gasteiger partial charge in [0.05, 0.1) is 12.9 Å². The van der Waals surface area contributed by atoms with Crippen LogP contribution in [0.25, 0.3) is 0 Å². The van der Waals surface area contributed by atoms with Crippen molar-refractivity contribution < 1.29 is 29.6 Å². The van der Waals surface area contributed by atoms with Crippen LogP contribution < -0.4 is 5.32 Å². The van der Waals surface area contributed by atoms with E-state index in [-0.39, 0.29) is 0 Å². The Labute approximate surface area is 127 Å². The summed E-state index contributed by atoms with van der Waals surface area (Å²) in [4.78, 5) is 28.1. The van der Waals surface area contributed by atoms with E-state index in [1.165, 1.54) is 18.2 Å². The van der Waals surface area contributed by atoms with Crippen molar-refractivity contribution >= 4 is 18.3 Å². The third-order valence-corrected chi connectivity index (χ3v) is 3.57. The summed E-state index contributed by atoms with van der Waals surface area (Å²) in [5.74, 6) is -0.110. The molecular weight excluding hydrogens is 294 g/mol. The predicted octanol–water partition coefficient (Wildman–Crippen LogP) is -1.58. The molecule has 2 fully saturated rings. The van der Waals surface area contributed by atoms with Gasteiger partial charge in [-0.1, -0.05) is 0 Å². The first-order chi connectivity index (χ1) is 10.4. The molecule has 1 heterocycles. The Kier molecular flexibility index (Phi) is 5.46. The van der Waals surface area contributed by atoms with Crippen molar-refractivity contribution in [2.45, 2.75) is 44.3 Å². The topological polar surface area (TPSA) is 132 Å². The number of carbonyl (C=O) groups excluding carboxylic acids is 2. The molecule has 0 aromatic rings. The molecule has 1 aliphatic carbocycles. The third-order valence-electron chi connectivity index (χ3n) is 3.57. The molecule has 9 nitrogen and oxygen atoms in total. The number of ether oxygens (including phenoxy) is 1. The molecule has 0 aromatic heterocycles. The molecule has 0 radical (unpaired) electrons. The van der Waals surface area contributed by atoms with Gasteiger partial charge in [0.15, 0.2) is 6.23 Å². The second-order valence-electron chi connectivity index (χ2n) is 5.58. The SMILES string of the molecule is CC(=O)NC(=O)N(/C=N/[C@@H]1O[C@H](CO)C(O)[C@@H]1O)CC1CC1. The normalized spacial score (nSPS) is 31.5. The molecule has 2 aliphatic rings. The molecular formula is C13H21N3O6. The van der Waals surface area contributed by atoms with E-state index in [4.69, 9.17) is 9.84 Å². The number of nitrogens with zero attached hydrogens (tertiary/aromatic N) is 2. The van der Waals surface area contributed by atoms with E-state index in [0.29, 0.717) is 12.5 Å². The standard InChI is InChI=1S/C13H21N3O6/c1-7(18)15-13(21)16(4-8-2-3-8)6-14-12-11(20)10(19)9(5-17)22-12/h6,8-12,17,19-20H,2-5H2,1H3,(H,15,18,21)/b14-6+/t9-,10?,11+,12-/m1/s1. The minimum absolute atomic E-state index is 0.370. The number of nitrogens with one attached hydrogen (secondary N) is 1. The summed E-state index contributed by atoms with van der Waals surface area (Å²) < 4.78 is 5.19. The minimum atomic E-state index is -1.29. The van der Waals surface area contributed by atoms with Gasteiger partial charge in [0.25, 0.3) is 0 Å². The van der Waals surface area contributed by atoms with Crippen molar-refractivity contribution in [3.8, 4) is 0 Å². The number of imide groups is 1. The Hall–Kier alpha value is -1.55. The van der Waals surface area contributed by atoms with Gasteiger partial charge in [-0.15, -0.1) is 0 Å². The summed E-state index contributed by atoms with van der Waals surface area (Å²) in [7, 11) is 0. The highest BCUT2D eigenvalue weighted by Gasteiger charge is 2.42. The quantitative estimate of drug-likeness (QED) is 0.358. The minimum Gasteiger partial charge on any atom is -0.394 e. The van der Waals surface area contributed by atoms with Crippen LogP contribution in [0.5, 0.6) is 0 Å². The molecule has 2 rings (SSSR count). The van der Waals surface area contributed by atoms with Crippen molar-refractivity contribution in [1.29, 1.82) is 0 Å². The molecule has 124 valence electrons. The lowest BCUT2D eigenvalue weighted by Crippen LogP contribution is -2.42. The van der Waals surface area contributed by atoms with E-state index < -0.39 is 43.1 Å². The van der Waals surface area contributed by atoms with Crippen LogP contribution in [0.15, 0.2) is 4.99 Å². The Morgan fingerprint density at radius 3 is 2.55 bits per heavy atom. The van der Waals surface area contributed by atoms with Crippen molar-refractivity contribution in [1.82, 2.24) is 10.2 Å². The van der Waals surface area contributed by atoms with Crippen LogP contribution in [0.1, 0.15) is 19.8 Å². The average molecular weight is 315 g/mol. The number of rotatable bonds is 5. The van der Waals surface area contributed by atoms with Gasteiger partial charge in [-0.3, -0.25) is 15.0 Å². The van der Waals surface area contributed by atoms with Crippen LogP contribution in [0, 0.1) is 5.92 Å². The fraction of sp³-hybridized carbons (Fsp3) is 0.769. The van der Waals surface area contributed by atoms with E-state index in [9.17, 15) is 19.8 Å². The van der Waals surface area contributed by atoms with E-state index in [1.807, 2.05) is 0 Å². The highest BCUT2D eigenvalue weighted by molar-refractivity contribution is 5.97. The molecule has 9 heteroatoms. The number of urea groups is 1. The van der Waals surface area contributed by atoms with Gasteiger partial charge in [0, 0.05) is 13.5 Å². The number of aliphatic hydroxyl groups excluding tert-OH is 3. The van der Waals surface area contributed by atoms with Crippen LogP contribution in [0.4, 0.5) is 4.79 Å². The smallest absolute Gasteiger partial charge is 0.329 e. The van der Waals surface area contributed by atoms with Gasteiger partial charge in [-0.25, -0.2) is 9.79 Å². The van der Waals surface area contributed by atoms with Gasteiger partial charge in [-0.05, 0) is 18.8 Å². The van der Waals surface area contributed by atoms with Crippen LogP contribution >= 0.6 is 0 Å². The molecule has 4 N–H and O–H groups in total. The summed E-state index contributed by atoms with van der Waals surface area (Å²) in [6.45, 7) is 1.20. The Balaban J connectivity index is 1.99. The van der Waals surface area contributed by atoms with Crippen molar-refractivity contribution in [2.24, 2.45) is 10.9 Å². The fourth-order valence-electron chi connectivity index (χ4n) is 2.13. The van der Waals surface area contributed by atoms with Gasteiger partial charge in [0.1, 0.15) is 18.3 Å². The maximum absolute atomic E-state index is 11.9. The number of amides is 3. The monoisotopic (exact) mass is 315 g/mol. The molecule has 3 amide bonds. The second-order valence-corrected chi connectivity index (χ2v) is 5.58. The number of aliphatic hydroxyl groups is 3. The molecule has 1 saturated carbocycles. The fourth-order valence-corrected chi connectivity index (χ4v) is 2.13. The highest BCUT2D eigenvalue weighted by atomic mass is 16.6. The molecule has 1 saturated heterocycles. The first kappa shape index (κ1) is 16.8. The Morgan fingerprint density at radius 1 is 1.36 bits per heavy atom. The molecule has 1 aliphatic heterocycles. The summed E-state index contributed by atoms with van der Waals surface area (Å²) in [6, 6.07) is -0.602. The lowest BCUT2D eigenvalue weighted by molar-refractivity contribution is -0.118. The highest BCUT2D eigenvalue weighted by Crippen LogP contribution is 2.29. The molecule has 0 spiro atoms. The number of carbonyl (C=O) groups is 2. The lowest BCUT2D eigenvalue weighted by Gasteiger charge is -2.18. The van der Waals surface area contributed by atoms with E-state index >= 15 is 0 Å². The van der Waals surface area contributed by atoms with Crippen LogP contribution in [-0.2, 0) is 9.53 Å². The van der Waals surface area contributed by atoms with Crippen LogP contribution in [0.3, 0.4) is 0 Å². The average Bonchev–Trinajstić information content (AvgIpc) is 3.23. The van der Waals surface area contributed by atoms with Gasteiger partial charge in [0.2, 0.25) is 5.91 Å². The zero-order valence-electron chi connectivity index (χ0n) is 12.3. The summed E-state index contributed by atoms with van der Waals surface area (Å²) in [5, 5.41) is 30.6. The summed E-state index contributed by atoms with van der Waals surface area (Å²) in [6.07, 6.45) is -1.31. The third kappa shape index (κ3) is 4.23. The van der Waals surface area contributed by atoms with Gasteiger partial charge >= 0.3 is 6.03 Å². The lowest BCUT2D eigenvalue weighted by atomic mass is 10.1. The van der Waals surface area contributed by atoms with Crippen molar-refractivity contribution in [2.75, 3.05) is 13.2 Å². The number of hydrogen-bond acceptors (Lipinski definition) is 7. The maximum Gasteiger partial charge on any atom is 0.329 e. The molecule has 0 bridgehead atoms. The summed E-state index contributed by atoms with van der Waals surface area (Å²) in [5.41, 5.74) is 0. The van der Waals surface area contributed by atoms with Crippen LogP contribution in [0.2, 0.25) is 0 Å². The van der Waals surface area contributed by atoms with Gasteiger partial charge < -0.3 is 20.1 Å². The van der Waals surface area contributed by atoms with Crippen LogP contribution in [-0.4, -0.2) is 76.2 Å². The van der Waals surface area contributed by atoms with E-state index in [0.717, 1.165) is 12.8 Å².